The predicted octanol–water partition coefficient (Wildman–Crippen LogP) is 3.93. The molecule has 2 aliphatic rings. The first-order valence-corrected chi connectivity index (χ1v) is 13.9. The second kappa shape index (κ2) is 12.5. The Labute approximate surface area is 218 Å². The maximum atomic E-state index is 13.6. The maximum Gasteiger partial charge on any atom is 0.322 e. The molecule has 1 saturated carbocycles. The number of hydrogen-bond acceptors (Lipinski definition) is 6. The maximum absolute atomic E-state index is 13.6. The second-order valence-electron chi connectivity index (χ2n) is 10.8. The molecule has 1 unspecified atom stereocenters. The van der Waals surface area contributed by atoms with E-state index >= 15 is 0 Å². The number of carbonyl (C=O) groups excluding carboxylic acids is 1. The number of hydrogen-bond donors (Lipinski definition) is 3. The average Bonchev–Trinajstić information content (AvgIpc) is 3.20. The molecule has 37 heavy (non-hydrogen) atoms. The first-order valence-electron chi connectivity index (χ1n) is 13.9. The summed E-state index contributed by atoms with van der Waals surface area (Å²) >= 11 is 0. The van der Waals surface area contributed by atoms with Gasteiger partial charge in [-0.05, 0) is 58.1 Å². The molecular weight excluding hydrogens is 470 g/mol. The third-order valence-corrected chi connectivity index (χ3v) is 8.05. The normalized spacial score (nSPS) is 22.3. The lowest BCUT2D eigenvalue weighted by atomic mass is 9.94. The Bertz CT molecular complexity index is 1140. The van der Waals surface area contributed by atoms with Gasteiger partial charge in [0, 0.05) is 24.2 Å². The highest BCUT2D eigenvalue weighted by atomic mass is 16.4. The molecule has 2 heterocycles. The molecule has 1 aromatic carbocycles. The molecule has 4 rings (SSSR count). The highest BCUT2D eigenvalue weighted by Gasteiger charge is 2.36. The zero-order valence-corrected chi connectivity index (χ0v) is 22.1. The lowest BCUT2D eigenvalue weighted by Gasteiger charge is -2.38. The Morgan fingerprint density at radius 2 is 1.76 bits per heavy atom. The van der Waals surface area contributed by atoms with Crippen LogP contribution in [0.4, 0.5) is 5.82 Å². The van der Waals surface area contributed by atoms with Crippen molar-refractivity contribution in [2.45, 2.75) is 102 Å². The molecule has 1 saturated heterocycles. The summed E-state index contributed by atoms with van der Waals surface area (Å²) in [6.45, 7) is 3.77. The lowest BCUT2D eigenvalue weighted by molar-refractivity contribution is -0.137. The number of anilines is 1. The number of rotatable bonds is 9. The Morgan fingerprint density at radius 1 is 1.05 bits per heavy atom. The molecule has 0 spiro atoms. The monoisotopic (exact) mass is 511 g/mol. The van der Waals surface area contributed by atoms with E-state index in [4.69, 9.17) is 5.11 Å². The highest BCUT2D eigenvalue weighted by molar-refractivity contribution is 5.84. The van der Waals surface area contributed by atoms with Gasteiger partial charge < -0.3 is 20.3 Å². The van der Waals surface area contributed by atoms with Crippen molar-refractivity contribution < 1.29 is 14.7 Å². The van der Waals surface area contributed by atoms with Crippen molar-refractivity contribution in [1.29, 1.82) is 0 Å². The summed E-state index contributed by atoms with van der Waals surface area (Å²) in [4.78, 5) is 43.6. The fourth-order valence-corrected chi connectivity index (χ4v) is 6.33. The molecule has 1 aliphatic carbocycles. The van der Waals surface area contributed by atoms with Crippen LogP contribution in [0.3, 0.4) is 0 Å². The van der Waals surface area contributed by atoms with Crippen molar-refractivity contribution in [3.8, 4) is 0 Å². The lowest BCUT2D eigenvalue weighted by Crippen LogP contribution is -2.44. The smallest absolute Gasteiger partial charge is 0.322 e. The van der Waals surface area contributed by atoms with Crippen LogP contribution < -0.4 is 16.2 Å². The number of para-hydroxylation sites is 2. The fraction of sp³-hybridized carbons (Fsp3) is 0.643. The van der Waals surface area contributed by atoms with Crippen LogP contribution in [0.1, 0.15) is 84.1 Å². The van der Waals surface area contributed by atoms with Crippen molar-refractivity contribution in [3.05, 3.63) is 34.6 Å². The number of nitrogens with zero attached hydrogens (tertiary/aromatic N) is 3. The number of fused-ring (bicyclic) bond motifs is 1. The molecule has 9 nitrogen and oxygen atoms in total. The minimum Gasteiger partial charge on any atom is -0.480 e. The van der Waals surface area contributed by atoms with E-state index in [1.165, 1.54) is 51.4 Å². The Morgan fingerprint density at radius 3 is 2.49 bits per heavy atom. The van der Waals surface area contributed by atoms with E-state index in [0.717, 1.165) is 18.4 Å². The zero-order valence-electron chi connectivity index (χ0n) is 22.1. The summed E-state index contributed by atoms with van der Waals surface area (Å²) in [7, 11) is 0. The third-order valence-electron chi connectivity index (χ3n) is 8.05. The minimum atomic E-state index is -1.12. The molecule has 3 atom stereocenters. The molecule has 3 N–H and O–H groups in total. The summed E-state index contributed by atoms with van der Waals surface area (Å²) in [6.07, 6.45) is 12.4. The summed E-state index contributed by atoms with van der Waals surface area (Å²) < 4.78 is 1.82. The van der Waals surface area contributed by atoms with Gasteiger partial charge >= 0.3 is 5.97 Å². The van der Waals surface area contributed by atoms with Crippen molar-refractivity contribution in [2.24, 2.45) is 0 Å². The van der Waals surface area contributed by atoms with Crippen LogP contribution in [0.15, 0.2) is 29.1 Å². The number of benzene rings is 1. The number of aliphatic carboxylic acids is 1. The molecule has 1 aromatic heterocycles. The average molecular weight is 512 g/mol. The number of carboxylic acid groups (broad SMARTS) is 1. The topological polar surface area (TPSA) is 117 Å². The van der Waals surface area contributed by atoms with E-state index in [9.17, 15) is 14.4 Å². The summed E-state index contributed by atoms with van der Waals surface area (Å²) in [5.41, 5.74) is 1.20. The molecule has 1 aliphatic heterocycles. The molecule has 202 valence electrons. The number of amides is 1. The van der Waals surface area contributed by atoms with E-state index in [1.807, 2.05) is 28.8 Å². The number of carboxylic acids is 1. The summed E-state index contributed by atoms with van der Waals surface area (Å²) in [5.74, 6) is -1.53. The van der Waals surface area contributed by atoms with Gasteiger partial charge in [0.05, 0.1) is 17.6 Å². The molecule has 2 aromatic rings. The van der Waals surface area contributed by atoms with Gasteiger partial charge in [0.15, 0.2) is 5.82 Å². The van der Waals surface area contributed by atoms with E-state index in [1.54, 1.807) is 0 Å². The van der Waals surface area contributed by atoms with Crippen molar-refractivity contribution >= 4 is 28.7 Å². The first kappa shape index (κ1) is 27.1. The third kappa shape index (κ3) is 6.69. The van der Waals surface area contributed by atoms with E-state index in [0.29, 0.717) is 23.6 Å². The van der Waals surface area contributed by atoms with Gasteiger partial charge in [0.25, 0.3) is 5.56 Å². The van der Waals surface area contributed by atoms with E-state index < -0.39 is 18.4 Å². The van der Waals surface area contributed by atoms with Crippen molar-refractivity contribution in [2.75, 3.05) is 18.4 Å². The van der Waals surface area contributed by atoms with Gasteiger partial charge in [-0.3, -0.25) is 19.3 Å². The standard InChI is InChI=1S/C28H41N5O4/c1-19-14-15-22(32(19)21-10-6-4-3-5-7-11-21)16-20(2)33-24-13-9-8-12-23(24)31-27(28(33)37)30-17-25(34)29-18-26(35)36/h8-9,12-13,19-22H,3-7,10-11,14-18H2,1-2H3,(H,29,34)(H,30,31)(H,35,36)/t19?,20-,22-/m0/s1. The van der Waals surface area contributed by atoms with Crippen molar-refractivity contribution in [1.82, 2.24) is 19.8 Å². The molecule has 0 bridgehead atoms. The van der Waals surface area contributed by atoms with Crippen LogP contribution in [0.25, 0.3) is 11.0 Å². The zero-order chi connectivity index (χ0) is 26.4. The summed E-state index contributed by atoms with van der Waals surface area (Å²) in [6, 6.07) is 9.17. The van der Waals surface area contributed by atoms with Gasteiger partial charge in [-0.2, -0.15) is 0 Å². The number of carbonyl (C=O) groups is 2. The Balaban J connectivity index is 1.55. The number of nitrogens with one attached hydrogen (secondary N) is 2. The molecule has 0 radical (unpaired) electrons. The highest BCUT2D eigenvalue weighted by Crippen LogP contribution is 2.35. The van der Waals surface area contributed by atoms with Gasteiger partial charge in [0.1, 0.15) is 6.54 Å². The van der Waals surface area contributed by atoms with Gasteiger partial charge in [-0.15, -0.1) is 0 Å². The van der Waals surface area contributed by atoms with E-state index in [-0.39, 0.29) is 24.0 Å². The van der Waals surface area contributed by atoms with Crippen LogP contribution in [0, 0.1) is 0 Å². The van der Waals surface area contributed by atoms with Crippen LogP contribution in [0.5, 0.6) is 0 Å². The minimum absolute atomic E-state index is 0.0480. The van der Waals surface area contributed by atoms with Crippen LogP contribution in [0.2, 0.25) is 0 Å². The Kier molecular flexibility index (Phi) is 9.18. The van der Waals surface area contributed by atoms with Crippen LogP contribution in [-0.2, 0) is 9.59 Å². The largest absolute Gasteiger partial charge is 0.480 e. The van der Waals surface area contributed by atoms with Gasteiger partial charge in [0.2, 0.25) is 5.91 Å². The molecule has 1 amide bonds. The SMILES string of the molecule is CC1CC[C@@H](C[C@H](C)n2c(=O)c(NCC(=O)NCC(=O)O)nc3ccccc32)N1C1CCCCCCC1. The fourth-order valence-electron chi connectivity index (χ4n) is 6.33. The number of likely N-dealkylation sites (tertiary alicyclic amines) is 1. The molecular formula is C28H41N5O4. The van der Waals surface area contributed by atoms with Gasteiger partial charge in [-0.1, -0.05) is 44.2 Å². The van der Waals surface area contributed by atoms with Gasteiger partial charge in [-0.25, -0.2) is 4.98 Å². The summed E-state index contributed by atoms with van der Waals surface area (Å²) in [5, 5.41) is 13.9. The van der Waals surface area contributed by atoms with Crippen molar-refractivity contribution in [3.63, 3.8) is 0 Å². The predicted molar refractivity (Wildman–Crippen MR) is 145 cm³/mol. The first-order chi connectivity index (χ1) is 17.8. The Hall–Kier alpha value is -2.94. The number of aromatic nitrogens is 2. The molecule has 2 fully saturated rings. The van der Waals surface area contributed by atoms with Crippen LogP contribution in [-0.4, -0.2) is 62.6 Å². The second-order valence-corrected chi connectivity index (χ2v) is 10.8. The quantitative estimate of drug-likeness (QED) is 0.467. The molecule has 9 heteroatoms. The van der Waals surface area contributed by atoms with E-state index in [2.05, 4.69) is 34.4 Å². The van der Waals surface area contributed by atoms with Crippen LogP contribution >= 0.6 is 0 Å².